The van der Waals surface area contributed by atoms with Gasteiger partial charge in [-0.3, -0.25) is 4.79 Å². The number of nitrogens with one attached hydrogen (secondary N) is 1. The number of ether oxygens (including phenoxy) is 2. The first-order chi connectivity index (χ1) is 14.6. The summed E-state index contributed by atoms with van der Waals surface area (Å²) in [5.74, 6) is 0.537. The number of carbonyl (C=O) groups excluding carboxylic acids is 1. The second kappa shape index (κ2) is 10.1. The van der Waals surface area contributed by atoms with Crippen LogP contribution in [-0.4, -0.2) is 41.1 Å². The Balaban J connectivity index is 1.53. The highest BCUT2D eigenvalue weighted by molar-refractivity contribution is 5.81. The minimum Gasteiger partial charge on any atom is -0.493 e. The van der Waals surface area contributed by atoms with E-state index >= 15 is 0 Å². The number of rotatable bonds is 9. The van der Waals surface area contributed by atoms with Gasteiger partial charge in [-0.05, 0) is 47.9 Å². The van der Waals surface area contributed by atoms with E-state index in [9.17, 15) is 9.90 Å². The Bertz CT molecular complexity index is 1010. The van der Waals surface area contributed by atoms with Crippen molar-refractivity contribution in [1.29, 1.82) is 5.26 Å². The van der Waals surface area contributed by atoms with Crippen molar-refractivity contribution in [3.63, 3.8) is 0 Å². The molecule has 3 aromatic rings. The summed E-state index contributed by atoms with van der Waals surface area (Å²) in [7, 11) is 1.52. The van der Waals surface area contributed by atoms with E-state index in [2.05, 4.69) is 10.4 Å². The molecular formula is C22H22N4O4. The zero-order valence-corrected chi connectivity index (χ0v) is 16.5. The largest absolute Gasteiger partial charge is 0.493 e. The van der Waals surface area contributed by atoms with Crippen molar-refractivity contribution in [3.8, 4) is 23.3 Å². The van der Waals surface area contributed by atoms with E-state index in [1.807, 2.05) is 24.4 Å². The van der Waals surface area contributed by atoms with Gasteiger partial charge in [-0.25, -0.2) is 4.68 Å². The maximum absolute atomic E-state index is 12.3. The highest BCUT2D eigenvalue weighted by Gasteiger charge is 2.17. The maximum atomic E-state index is 12.3. The summed E-state index contributed by atoms with van der Waals surface area (Å²) in [4.78, 5) is 12.3. The van der Waals surface area contributed by atoms with E-state index in [0.29, 0.717) is 30.0 Å². The van der Waals surface area contributed by atoms with Crippen LogP contribution in [0.3, 0.4) is 0 Å². The molecule has 2 N–H and O–H groups in total. The summed E-state index contributed by atoms with van der Waals surface area (Å²) in [6, 6.07) is 16.1. The van der Waals surface area contributed by atoms with Gasteiger partial charge in [0.1, 0.15) is 6.07 Å². The molecule has 154 valence electrons. The van der Waals surface area contributed by atoms with Crippen molar-refractivity contribution in [1.82, 2.24) is 15.1 Å². The van der Waals surface area contributed by atoms with E-state index in [1.54, 1.807) is 47.3 Å². The van der Waals surface area contributed by atoms with Crippen molar-refractivity contribution in [2.75, 3.05) is 20.3 Å². The first kappa shape index (κ1) is 20.9. The van der Waals surface area contributed by atoms with Gasteiger partial charge in [-0.15, -0.1) is 0 Å². The molecule has 1 unspecified atom stereocenters. The highest BCUT2D eigenvalue weighted by Crippen LogP contribution is 2.28. The molecule has 0 saturated carbocycles. The van der Waals surface area contributed by atoms with Crippen LogP contribution in [-0.2, 0) is 11.2 Å². The first-order valence-electron chi connectivity index (χ1n) is 9.35. The third-order valence-corrected chi connectivity index (χ3v) is 4.46. The van der Waals surface area contributed by atoms with E-state index in [-0.39, 0.29) is 6.61 Å². The summed E-state index contributed by atoms with van der Waals surface area (Å²) < 4.78 is 12.3. The van der Waals surface area contributed by atoms with E-state index < -0.39 is 12.0 Å². The third-order valence-electron chi connectivity index (χ3n) is 4.46. The van der Waals surface area contributed by atoms with Crippen LogP contribution in [0, 0.1) is 11.3 Å². The normalized spacial score (nSPS) is 11.4. The lowest BCUT2D eigenvalue weighted by Gasteiger charge is -2.13. The van der Waals surface area contributed by atoms with Gasteiger partial charge in [0.25, 0.3) is 5.91 Å². The fourth-order valence-corrected chi connectivity index (χ4v) is 2.91. The zero-order valence-electron chi connectivity index (χ0n) is 16.5. The Morgan fingerprint density at radius 1 is 1.27 bits per heavy atom. The van der Waals surface area contributed by atoms with Crippen LogP contribution in [0.25, 0.3) is 5.69 Å². The molecule has 2 aromatic carbocycles. The minimum atomic E-state index is -1.26. The van der Waals surface area contributed by atoms with Crippen LogP contribution in [0.4, 0.5) is 0 Å². The molecule has 1 heterocycles. The number of amides is 1. The molecule has 1 amide bonds. The van der Waals surface area contributed by atoms with Crippen molar-refractivity contribution < 1.29 is 19.4 Å². The first-order valence-corrected chi connectivity index (χ1v) is 9.35. The summed E-state index contributed by atoms with van der Waals surface area (Å²) in [6.45, 7) is 0.287. The smallest absolute Gasteiger partial charge is 0.253 e. The van der Waals surface area contributed by atoms with Crippen LogP contribution in [0.2, 0.25) is 0 Å². The summed E-state index contributed by atoms with van der Waals surface area (Å²) in [5, 5.41) is 25.8. The highest BCUT2D eigenvalue weighted by atomic mass is 16.5. The standard InChI is InChI=1S/C22H22N4O4/c1-29-20-15-16(3-8-19(20)30-14-10-23)9-12-24-22(28)21(27)17-4-6-18(7-5-17)26-13-2-11-25-26/h2-8,11,13,15,21,27H,9,12,14H2,1H3,(H,24,28). The van der Waals surface area contributed by atoms with Gasteiger partial charge in [-0.2, -0.15) is 10.4 Å². The molecule has 0 radical (unpaired) electrons. The lowest BCUT2D eigenvalue weighted by atomic mass is 10.1. The predicted octanol–water partition coefficient (Wildman–Crippen LogP) is 2.18. The third kappa shape index (κ3) is 5.16. The molecule has 0 bridgehead atoms. The molecule has 0 spiro atoms. The van der Waals surface area contributed by atoms with Crippen molar-refractivity contribution in [3.05, 3.63) is 72.1 Å². The number of nitrogens with zero attached hydrogens (tertiary/aromatic N) is 3. The SMILES string of the molecule is COc1cc(CCNC(=O)C(O)c2ccc(-n3cccn3)cc2)ccc1OCC#N. The molecule has 8 nitrogen and oxygen atoms in total. The summed E-state index contributed by atoms with van der Waals surface area (Å²) in [5.41, 5.74) is 2.27. The number of carbonyl (C=O) groups is 1. The fourth-order valence-electron chi connectivity index (χ4n) is 2.91. The van der Waals surface area contributed by atoms with Crippen molar-refractivity contribution in [2.45, 2.75) is 12.5 Å². The van der Waals surface area contributed by atoms with Crippen LogP contribution >= 0.6 is 0 Å². The quantitative estimate of drug-likeness (QED) is 0.564. The van der Waals surface area contributed by atoms with Crippen molar-refractivity contribution in [2.24, 2.45) is 0 Å². The van der Waals surface area contributed by atoms with Gasteiger partial charge in [-0.1, -0.05) is 18.2 Å². The van der Waals surface area contributed by atoms with Crippen molar-refractivity contribution >= 4 is 5.91 Å². The number of benzene rings is 2. The van der Waals surface area contributed by atoms with E-state index in [4.69, 9.17) is 14.7 Å². The molecular weight excluding hydrogens is 384 g/mol. The molecule has 1 atom stereocenters. The lowest BCUT2D eigenvalue weighted by Crippen LogP contribution is -2.31. The Hall–Kier alpha value is -3.83. The second-order valence-electron chi connectivity index (χ2n) is 6.42. The molecule has 0 aliphatic heterocycles. The number of nitriles is 1. The monoisotopic (exact) mass is 406 g/mol. The number of hydrogen-bond acceptors (Lipinski definition) is 6. The average Bonchev–Trinajstić information content (AvgIpc) is 3.32. The minimum absolute atomic E-state index is 0.0629. The predicted molar refractivity (Wildman–Crippen MR) is 109 cm³/mol. The Morgan fingerprint density at radius 3 is 2.73 bits per heavy atom. The molecule has 30 heavy (non-hydrogen) atoms. The molecule has 0 saturated heterocycles. The molecule has 0 aliphatic carbocycles. The maximum Gasteiger partial charge on any atom is 0.253 e. The van der Waals surface area contributed by atoms with Gasteiger partial charge in [0.15, 0.2) is 24.2 Å². The number of hydrogen-bond donors (Lipinski definition) is 2. The average molecular weight is 406 g/mol. The van der Waals surface area contributed by atoms with Crippen LogP contribution in [0.5, 0.6) is 11.5 Å². The van der Waals surface area contributed by atoms with E-state index in [0.717, 1.165) is 11.3 Å². The molecule has 8 heteroatoms. The topological polar surface area (TPSA) is 109 Å². The number of methoxy groups -OCH3 is 1. The number of aliphatic hydroxyl groups is 1. The van der Waals surface area contributed by atoms with Gasteiger partial charge in [0.2, 0.25) is 0 Å². The van der Waals surface area contributed by atoms with E-state index in [1.165, 1.54) is 7.11 Å². The lowest BCUT2D eigenvalue weighted by molar-refractivity contribution is -0.129. The fraction of sp³-hybridized carbons (Fsp3) is 0.227. The Labute approximate surface area is 174 Å². The molecule has 3 rings (SSSR count). The number of aromatic nitrogens is 2. The Morgan fingerprint density at radius 2 is 2.07 bits per heavy atom. The molecule has 1 aromatic heterocycles. The van der Waals surface area contributed by atoms with Crippen LogP contribution in [0.1, 0.15) is 17.2 Å². The van der Waals surface area contributed by atoms with Gasteiger partial charge < -0.3 is 19.9 Å². The van der Waals surface area contributed by atoms with Gasteiger partial charge in [0.05, 0.1) is 12.8 Å². The van der Waals surface area contributed by atoms with Gasteiger partial charge >= 0.3 is 0 Å². The zero-order chi connectivity index (χ0) is 21.3. The molecule has 0 fully saturated rings. The summed E-state index contributed by atoms with van der Waals surface area (Å²) >= 11 is 0. The summed E-state index contributed by atoms with van der Waals surface area (Å²) in [6.07, 6.45) is 2.78. The van der Waals surface area contributed by atoms with Crippen LogP contribution in [0.15, 0.2) is 60.9 Å². The second-order valence-corrected chi connectivity index (χ2v) is 6.42. The van der Waals surface area contributed by atoms with Gasteiger partial charge in [0, 0.05) is 18.9 Å². The number of aliphatic hydroxyl groups excluding tert-OH is 1. The van der Waals surface area contributed by atoms with Crippen LogP contribution < -0.4 is 14.8 Å². The molecule has 0 aliphatic rings. The Kier molecular flexibility index (Phi) is 7.03.